The van der Waals surface area contributed by atoms with Gasteiger partial charge in [0.1, 0.15) is 0 Å². The minimum Gasteiger partial charge on any atom is -0.278 e. The third-order valence-corrected chi connectivity index (χ3v) is 11.2. The summed E-state index contributed by atoms with van der Waals surface area (Å²) in [6.45, 7) is 0. The molecule has 0 saturated carbocycles. The average molecular weight is 762 g/mol. The Hall–Kier alpha value is -7.41. The highest BCUT2D eigenvalue weighted by atomic mass is 32.1. The lowest BCUT2D eigenvalue weighted by Crippen LogP contribution is -2.10. The van der Waals surface area contributed by atoms with E-state index >= 15 is 0 Å². The van der Waals surface area contributed by atoms with Crippen molar-refractivity contribution in [2.75, 3.05) is 0 Å². The van der Waals surface area contributed by atoms with Gasteiger partial charge in [-0.3, -0.25) is 9.13 Å². The molecule has 0 fully saturated rings. The smallest absolute Gasteiger partial charge is 0.240 e. The van der Waals surface area contributed by atoms with Crippen molar-refractivity contribution in [3.63, 3.8) is 0 Å². The Morgan fingerprint density at radius 3 is 1.35 bits per heavy atom. The van der Waals surface area contributed by atoms with Crippen LogP contribution in [0.5, 0.6) is 0 Å². The van der Waals surface area contributed by atoms with E-state index in [0.29, 0.717) is 11.1 Å². The van der Waals surface area contributed by atoms with Crippen molar-refractivity contribution >= 4 is 75.1 Å². The van der Waals surface area contributed by atoms with E-state index < -0.39 is 109 Å². The van der Waals surface area contributed by atoms with E-state index in [2.05, 4.69) is 30.3 Å². The minimum absolute atomic E-state index is 0.137. The Balaban J connectivity index is 1.17. The van der Waals surface area contributed by atoms with Crippen molar-refractivity contribution in [1.29, 1.82) is 0 Å². The van der Waals surface area contributed by atoms with Crippen LogP contribution in [0.3, 0.4) is 0 Å². The summed E-state index contributed by atoms with van der Waals surface area (Å²) >= 11 is 1.71. The van der Waals surface area contributed by atoms with Crippen LogP contribution in [0.2, 0.25) is 0 Å². The molecule has 5 nitrogen and oxygen atoms in total. The molecule has 0 radical (unpaired) electrons. The molecule has 0 aliphatic heterocycles. The summed E-state index contributed by atoms with van der Waals surface area (Å²) in [5.41, 5.74) is 2.49. The Bertz CT molecular complexity index is 4150. The van der Waals surface area contributed by atoms with Gasteiger partial charge in [-0.05, 0) is 70.7 Å². The molecule has 0 aliphatic carbocycles. The average Bonchev–Trinajstić information content (AvgIpc) is 4.10. The Morgan fingerprint density at radius 2 is 0.807 bits per heavy atom. The molecule has 4 aromatic heterocycles. The summed E-state index contributed by atoms with van der Waals surface area (Å²) in [7, 11) is 0. The van der Waals surface area contributed by atoms with Crippen molar-refractivity contribution in [2.24, 2.45) is 0 Å². The molecule has 8 aromatic carbocycles. The first-order valence-electron chi connectivity index (χ1n) is 25.8. The molecule has 0 bridgehead atoms. The van der Waals surface area contributed by atoms with Crippen molar-refractivity contribution in [3.8, 4) is 45.5 Å². The highest BCUT2D eigenvalue weighted by Crippen LogP contribution is 2.38. The molecule has 0 saturated heterocycles. The number of rotatable bonds is 5. The lowest BCUT2D eigenvalue weighted by molar-refractivity contribution is 0.893. The maximum atomic E-state index is 9.21. The molecule has 0 amide bonds. The Morgan fingerprint density at radius 1 is 0.368 bits per heavy atom. The summed E-state index contributed by atoms with van der Waals surface area (Å²) in [6.07, 6.45) is 0. The fourth-order valence-corrected chi connectivity index (χ4v) is 8.69. The van der Waals surface area contributed by atoms with E-state index in [1.807, 2.05) is 42.5 Å². The van der Waals surface area contributed by atoms with Crippen molar-refractivity contribution in [3.05, 3.63) is 188 Å². The van der Waals surface area contributed by atoms with Crippen molar-refractivity contribution in [2.45, 2.75) is 0 Å². The molecule has 12 aromatic rings. The molecular weight excluding hydrogens is 715 g/mol. The Labute approximate surface area is 353 Å². The number of benzene rings is 8. The maximum Gasteiger partial charge on any atom is 0.240 e. The second-order valence-corrected chi connectivity index (χ2v) is 14.4. The molecule has 12 rings (SSSR count). The van der Waals surface area contributed by atoms with E-state index in [9.17, 15) is 5.48 Å². The molecule has 266 valence electrons. The normalized spacial score (nSPS) is 15.8. The number of para-hydroxylation sites is 4. The summed E-state index contributed by atoms with van der Waals surface area (Å²) in [5, 5.41) is 1.31. The zero-order valence-electron chi connectivity index (χ0n) is 45.3. The lowest BCUT2D eigenvalue weighted by atomic mass is 9.97. The van der Waals surface area contributed by atoms with Gasteiger partial charge in [0, 0.05) is 47.3 Å². The van der Waals surface area contributed by atoms with Crippen molar-refractivity contribution < 1.29 is 21.9 Å². The second kappa shape index (κ2) is 12.6. The predicted molar refractivity (Wildman–Crippen MR) is 238 cm³/mol. The van der Waals surface area contributed by atoms with Crippen LogP contribution in [0, 0.1) is 0 Å². The number of hydrogen-bond acceptors (Lipinski definition) is 4. The van der Waals surface area contributed by atoms with E-state index in [0.717, 1.165) is 35.9 Å². The van der Waals surface area contributed by atoms with Gasteiger partial charge in [0.2, 0.25) is 11.9 Å². The van der Waals surface area contributed by atoms with Crippen molar-refractivity contribution in [1.82, 2.24) is 24.1 Å². The van der Waals surface area contributed by atoms with Crippen LogP contribution in [-0.4, -0.2) is 24.1 Å². The third kappa shape index (κ3) is 5.04. The molecule has 6 heteroatoms. The lowest BCUT2D eigenvalue weighted by Gasteiger charge is -2.13. The third-order valence-electron chi connectivity index (χ3n) is 10.1. The van der Waals surface area contributed by atoms with Gasteiger partial charge in [-0.1, -0.05) is 139 Å². The molecule has 0 N–H and O–H groups in total. The first kappa shape index (κ1) is 20.0. The van der Waals surface area contributed by atoms with Gasteiger partial charge >= 0.3 is 0 Å². The molecule has 0 spiro atoms. The molecule has 4 heterocycles. The van der Waals surface area contributed by atoms with Crippen LogP contribution in [0.1, 0.15) is 21.9 Å². The quantitative estimate of drug-likeness (QED) is 0.175. The number of hydrogen-bond donors (Lipinski definition) is 0. The summed E-state index contributed by atoms with van der Waals surface area (Å²) < 4.78 is 147. The molecular formula is C51H31N5S. The van der Waals surface area contributed by atoms with Crippen LogP contribution in [0.25, 0.3) is 109 Å². The molecule has 0 atom stereocenters. The van der Waals surface area contributed by atoms with Gasteiger partial charge in [0.15, 0.2) is 5.82 Å². The van der Waals surface area contributed by atoms with Crippen LogP contribution >= 0.6 is 11.3 Å². The summed E-state index contributed by atoms with van der Waals surface area (Å²) in [4.78, 5) is 14.5. The maximum absolute atomic E-state index is 9.21. The second-order valence-electron chi connectivity index (χ2n) is 13.3. The fourth-order valence-electron chi connectivity index (χ4n) is 7.55. The van der Waals surface area contributed by atoms with Gasteiger partial charge in [-0.25, -0.2) is 0 Å². The van der Waals surface area contributed by atoms with E-state index in [-0.39, 0.29) is 49.4 Å². The van der Waals surface area contributed by atoms with Crippen LogP contribution < -0.4 is 0 Å². The predicted octanol–water partition coefficient (Wildman–Crippen LogP) is 13.4. The number of nitrogens with zero attached hydrogens (tertiary/aromatic N) is 5. The van der Waals surface area contributed by atoms with Crippen LogP contribution in [-0.2, 0) is 0 Å². The molecule has 0 unspecified atom stereocenters. The minimum atomic E-state index is -0.695. The first-order valence-corrected chi connectivity index (χ1v) is 18.6. The topological polar surface area (TPSA) is 48.5 Å². The van der Waals surface area contributed by atoms with Gasteiger partial charge in [-0.2, -0.15) is 15.0 Å². The van der Waals surface area contributed by atoms with Gasteiger partial charge < -0.3 is 0 Å². The van der Waals surface area contributed by atoms with Crippen LogP contribution in [0.15, 0.2) is 188 Å². The van der Waals surface area contributed by atoms with E-state index in [1.165, 1.54) is 10.1 Å². The number of thiophene rings is 1. The Kier molecular flexibility index (Phi) is 4.40. The van der Waals surface area contributed by atoms with Gasteiger partial charge in [0.05, 0.1) is 44.0 Å². The SMILES string of the molecule is [2H]c1c([2H])c([2H])c2c(c1[2H])c1c([2H])c([2H])c([2H])c([2H])c1n2-c1nc(-c2cccc(-c3cccc(-c4ccc5c(c4)sc4ccccc45)c3)c2)nc(-n2c3c([2H])c([2H])c([2H])c([2H])c3c3c([2H])c([2H])c([2H])c([2H])c32)n1. The number of fused-ring (bicyclic) bond motifs is 9. The summed E-state index contributed by atoms with van der Waals surface area (Å²) in [6, 6.07) is 19.2. The first-order chi connectivity index (χ1) is 34.9. The van der Waals surface area contributed by atoms with Crippen LogP contribution in [0.4, 0.5) is 0 Å². The monoisotopic (exact) mass is 761 g/mol. The highest BCUT2D eigenvalue weighted by Gasteiger charge is 2.20. The van der Waals surface area contributed by atoms with Gasteiger partial charge in [0.25, 0.3) is 0 Å². The van der Waals surface area contributed by atoms with Gasteiger partial charge in [-0.15, -0.1) is 11.3 Å². The molecule has 57 heavy (non-hydrogen) atoms. The van der Waals surface area contributed by atoms with E-state index in [4.69, 9.17) is 31.4 Å². The zero-order valence-corrected chi connectivity index (χ0v) is 30.1. The standard InChI is InChI=1S/C51H31N5S/c1-6-22-43-37(17-1)38-18-2-7-23-44(38)55(43)50-52-49(53-51(54-50)56-45-24-8-3-19-39(45)40-20-4-9-25-46(40)56)36-16-12-15-34(30-36)32-13-11-14-33(29-32)35-27-28-42-41-21-5-10-26-47(41)57-48(42)31-35/h1-31H/i1D,2D,3D,4D,6D,7D,8D,9D,17D,18D,19D,20D,22D,23D,24D,25D. The largest absolute Gasteiger partial charge is 0.278 e. The molecule has 0 aliphatic rings. The summed E-state index contributed by atoms with van der Waals surface area (Å²) in [5.74, 6) is -1.06. The van der Waals surface area contributed by atoms with E-state index in [1.54, 1.807) is 29.5 Å². The zero-order chi connectivity index (χ0) is 51.4. The highest BCUT2D eigenvalue weighted by molar-refractivity contribution is 7.25. The number of aromatic nitrogens is 5. The fraction of sp³-hybridized carbons (Fsp3) is 0.